The van der Waals surface area contributed by atoms with Crippen LogP contribution in [0.3, 0.4) is 0 Å². The lowest BCUT2D eigenvalue weighted by atomic mass is 10.1. The molecule has 1 saturated carbocycles. The summed E-state index contributed by atoms with van der Waals surface area (Å²) in [5, 5.41) is 3.53. The number of benzene rings is 1. The summed E-state index contributed by atoms with van der Waals surface area (Å²) >= 11 is 5.11. The number of anilines is 1. The van der Waals surface area contributed by atoms with Gasteiger partial charge >= 0.3 is 0 Å². The number of aryl methyl sites for hydroxylation is 1. The first-order chi connectivity index (χ1) is 8.60. The fraction of sp³-hybridized carbons (Fsp3) is 0.500. The number of nitrogens with two attached hydrogens (primary N) is 1. The minimum Gasteiger partial charge on any atom is -0.389 e. The third kappa shape index (κ3) is 3.00. The van der Waals surface area contributed by atoms with E-state index in [4.69, 9.17) is 22.7 Å². The summed E-state index contributed by atoms with van der Waals surface area (Å²) in [5.74, 6) is 0. The maximum Gasteiger partial charge on any atom is 0.106 e. The Morgan fingerprint density at radius 1 is 1.44 bits per heavy atom. The van der Waals surface area contributed by atoms with Gasteiger partial charge in [0, 0.05) is 24.4 Å². The maximum atomic E-state index is 5.78. The van der Waals surface area contributed by atoms with E-state index >= 15 is 0 Å². The standard InChI is InChI=1S/C14H20N2OS/c1-9-3-6-13(12(7-9)14(15)18)16-10-4-5-11(8-10)17-2/h3,6-7,10-11,16H,4-5,8H2,1-2H3,(H2,15,18). The molecule has 0 heterocycles. The van der Waals surface area contributed by atoms with Crippen LogP contribution in [0.2, 0.25) is 0 Å². The van der Waals surface area contributed by atoms with Crippen LogP contribution < -0.4 is 11.1 Å². The number of methoxy groups -OCH3 is 1. The van der Waals surface area contributed by atoms with Gasteiger partial charge in [0.2, 0.25) is 0 Å². The van der Waals surface area contributed by atoms with Crippen LogP contribution in [-0.2, 0) is 4.74 Å². The van der Waals surface area contributed by atoms with Gasteiger partial charge in [-0.15, -0.1) is 0 Å². The van der Waals surface area contributed by atoms with Crippen molar-refractivity contribution in [3.8, 4) is 0 Å². The van der Waals surface area contributed by atoms with Crippen LogP contribution in [0.5, 0.6) is 0 Å². The van der Waals surface area contributed by atoms with Crippen LogP contribution in [-0.4, -0.2) is 24.2 Å². The quantitative estimate of drug-likeness (QED) is 0.821. The molecule has 2 unspecified atom stereocenters. The summed E-state index contributed by atoms with van der Waals surface area (Å²) in [6.07, 6.45) is 3.66. The van der Waals surface area contributed by atoms with Crippen molar-refractivity contribution in [2.24, 2.45) is 5.73 Å². The van der Waals surface area contributed by atoms with Crippen LogP contribution in [0.1, 0.15) is 30.4 Å². The monoisotopic (exact) mass is 264 g/mol. The predicted octanol–water partition coefficient (Wildman–Crippen LogP) is 2.61. The topological polar surface area (TPSA) is 47.3 Å². The molecule has 1 aliphatic carbocycles. The van der Waals surface area contributed by atoms with Gasteiger partial charge in [0.25, 0.3) is 0 Å². The van der Waals surface area contributed by atoms with Crippen molar-refractivity contribution >= 4 is 22.9 Å². The molecule has 1 fully saturated rings. The highest BCUT2D eigenvalue weighted by Crippen LogP contribution is 2.26. The van der Waals surface area contributed by atoms with Crippen LogP contribution >= 0.6 is 12.2 Å². The Balaban J connectivity index is 2.12. The predicted molar refractivity (Wildman–Crippen MR) is 79.1 cm³/mol. The van der Waals surface area contributed by atoms with Crippen molar-refractivity contribution in [1.82, 2.24) is 0 Å². The van der Waals surface area contributed by atoms with E-state index in [2.05, 4.69) is 17.4 Å². The van der Waals surface area contributed by atoms with Gasteiger partial charge in [0.15, 0.2) is 0 Å². The van der Waals surface area contributed by atoms with E-state index in [1.807, 2.05) is 13.0 Å². The van der Waals surface area contributed by atoms with Crippen molar-refractivity contribution < 1.29 is 4.74 Å². The van der Waals surface area contributed by atoms with Crippen molar-refractivity contribution in [2.75, 3.05) is 12.4 Å². The van der Waals surface area contributed by atoms with E-state index in [1.54, 1.807) is 7.11 Å². The lowest BCUT2D eigenvalue weighted by molar-refractivity contribution is 0.108. The fourth-order valence-electron chi connectivity index (χ4n) is 2.49. The Bertz CT molecular complexity index is 447. The molecule has 0 amide bonds. The molecule has 0 aliphatic heterocycles. The van der Waals surface area contributed by atoms with Crippen molar-refractivity contribution in [3.63, 3.8) is 0 Å². The number of thiocarbonyl (C=S) groups is 1. The fourth-order valence-corrected chi connectivity index (χ4v) is 2.66. The molecule has 0 aromatic heterocycles. The molecule has 18 heavy (non-hydrogen) atoms. The van der Waals surface area contributed by atoms with E-state index in [0.717, 1.165) is 30.5 Å². The average Bonchev–Trinajstić information content (AvgIpc) is 2.79. The zero-order valence-corrected chi connectivity index (χ0v) is 11.7. The van der Waals surface area contributed by atoms with Crippen LogP contribution in [0.4, 0.5) is 5.69 Å². The van der Waals surface area contributed by atoms with Gasteiger partial charge in [-0.05, 0) is 38.3 Å². The molecule has 1 aromatic carbocycles. The van der Waals surface area contributed by atoms with Gasteiger partial charge in [-0.2, -0.15) is 0 Å². The summed E-state index contributed by atoms with van der Waals surface area (Å²) in [5.41, 5.74) is 8.92. The second-order valence-electron chi connectivity index (χ2n) is 4.93. The Labute approximate surface area is 114 Å². The van der Waals surface area contributed by atoms with E-state index in [1.165, 1.54) is 5.56 Å². The van der Waals surface area contributed by atoms with Crippen molar-refractivity contribution in [2.45, 2.75) is 38.3 Å². The van der Waals surface area contributed by atoms with Crippen LogP contribution in [0, 0.1) is 6.92 Å². The second kappa shape index (κ2) is 5.67. The highest BCUT2D eigenvalue weighted by Gasteiger charge is 2.24. The van der Waals surface area contributed by atoms with Gasteiger partial charge in [-0.1, -0.05) is 23.8 Å². The van der Waals surface area contributed by atoms with Crippen molar-refractivity contribution in [3.05, 3.63) is 29.3 Å². The molecule has 3 N–H and O–H groups in total. The van der Waals surface area contributed by atoms with E-state index < -0.39 is 0 Å². The molecule has 0 saturated heterocycles. The molecule has 1 aromatic rings. The van der Waals surface area contributed by atoms with Crippen LogP contribution in [0.15, 0.2) is 18.2 Å². The lowest BCUT2D eigenvalue weighted by Crippen LogP contribution is -2.20. The molecule has 0 bridgehead atoms. The van der Waals surface area contributed by atoms with Gasteiger partial charge in [0.1, 0.15) is 4.99 Å². The highest BCUT2D eigenvalue weighted by molar-refractivity contribution is 7.80. The Kier molecular flexibility index (Phi) is 4.19. The van der Waals surface area contributed by atoms with Gasteiger partial charge in [-0.3, -0.25) is 0 Å². The summed E-state index contributed by atoms with van der Waals surface area (Å²) in [4.78, 5) is 0.447. The Morgan fingerprint density at radius 3 is 2.83 bits per heavy atom. The Morgan fingerprint density at radius 2 is 2.22 bits per heavy atom. The summed E-state index contributed by atoms with van der Waals surface area (Å²) in [6, 6.07) is 6.62. The highest BCUT2D eigenvalue weighted by atomic mass is 32.1. The number of hydrogen-bond acceptors (Lipinski definition) is 3. The number of nitrogens with one attached hydrogen (secondary N) is 1. The van der Waals surface area contributed by atoms with Gasteiger partial charge in [0.05, 0.1) is 6.10 Å². The number of ether oxygens (including phenoxy) is 1. The van der Waals surface area contributed by atoms with Crippen molar-refractivity contribution in [1.29, 1.82) is 0 Å². The largest absolute Gasteiger partial charge is 0.389 e. The molecule has 2 atom stereocenters. The molecule has 98 valence electrons. The maximum absolute atomic E-state index is 5.78. The molecule has 0 spiro atoms. The van der Waals surface area contributed by atoms with Gasteiger partial charge in [-0.25, -0.2) is 0 Å². The molecular formula is C14H20N2OS. The number of hydrogen-bond donors (Lipinski definition) is 2. The summed E-state index contributed by atoms with van der Waals surface area (Å²) in [7, 11) is 1.78. The van der Waals surface area contributed by atoms with E-state index in [9.17, 15) is 0 Å². The zero-order valence-electron chi connectivity index (χ0n) is 10.9. The average molecular weight is 264 g/mol. The zero-order chi connectivity index (χ0) is 13.1. The third-order valence-electron chi connectivity index (χ3n) is 3.52. The smallest absolute Gasteiger partial charge is 0.106 e. The minimum atomic E-state index is 0.376. The first kappa shape index (κ1) is 13.3. The molecule has 1 aliphatic rings. The number of rotatable bonds is 4. The molecule has 2 rings (SSSR count). The van der Waals surface area contributed by atoms with E-state index in [0.29, 0.717) is 17.1 Å². The first-order valence-electron chi connectivity index (χ1n) is 6.30. The Hall–Kier alpha value is -1.13. The molecule has 4 heteroatoms. The SMILES string of the molecule is COC1CCC(Nc2ccc(C)cc2C(N)=S)C1. The van der Waals surface area contributed by atoms with E-state index in [-0.39, 0.29) is 0 Å². The van der Waals surface area contributed by atoms with Gasteiger partial charge < -0.3 is 15.8 Å². The summed E-state index contributed by atoms with van der Waals surface area (Å²) in [6.45, 7) is 2.04. The molecular weight excluding hydrogens is 244 g/mol. The molecule has 3 nitrogen and oxygen atoms in total. The lowest BCUT2D eigenvalue weighted by Gasteiger charge is -2.17. The summed E-state index contributed by atoms with van der Waals surface area (Å²) < 4.78 is 5.39. The first-order valence-corrected chi connectivity index (χ1v) is 6.70. The third-order valence-corrected chi connectivity index (χ3v) is 3.74. The molecule has 0 radical (unpaired) electrons. The minimum absolute atomic E-state index is 0.376. The normalized spacial score (nSPS) is 23.0. The van der Waals surface area contributed by atoms with Crippen LogP contribution in [0.25, 0.3) is 0 Å². The second-order valence-corrected chi connectivity index (χ2v) is 5.37.